The number of hydrogen-bond acceptors (Lipinski definition) is 7. The maximum absolute atomic E-state index is 12.5. The normalized spacial score (nSPS) is 16.3. The highest BCUT2D eigenvalue weighted by molar-refractivity contribution is 7.18. The molecule has 4 rings (SSSR count). The summed E-state index contributed by atoms with van der Waals surface area (Å²) in [6, 6.07) is 1.13. The van der Waals surface area contributed by atoms with Crippen LogP contribution in [0.15, 0.2) is 18.5 Å². The van der Waals surface area contributed by atoms with Crippen LogP contribution < -0.4 is 15.4 Å². The van der Waals surface area contributed by atoms with E-state index >= 15 is 0 Å². The lowest BCUT2D eigenvalue weighted by Gasteiger charge is -2.16. The summed E-state index contributed by atoms with van der Waals surface area (Å²) in [7, 11) is 1.48. The van der Waals surface area contributed by atoms with Gasteiger partial charge in [0, 0.05) is 12.2 Å². The molecule has 1 aliphatic rings. The molecule has 3 aromatic rings. The first-order valence-corrected chi connectivity index (χ1v) is 9.90. The molecule has 2 N–H and O–H groups in total. The van der Waals surface area contributed by atoms with Gasteiger partial charge in [0.15, 0.2) is 0 Å². The third-order valence-electron chi connectivity index (χ3n) is 4.33. The van der Waals surface area contributed by atoms with Crippen molar-refractivity contribution in [2.45, 2.75) is 25.9 Å². The summed E-state index contributed by atoms with van der Waals surface area (Å²) in [6.45, 7) is 2.63. The fourth-order valence-electron chi connectivity index (χ4n) is 3.16. The SMILES string of the molecule is COc1ncc(NC(=O)Nc2cnc3sc(C)nc3c2C2CCCO2)cc1Cl. The van der Waals surface area contributed by atoms with E-state index in [2.05, 4.69) is 25.6 Å². The van der Waals surface area contributed by atoms with Crippen molar-refractivity contribution in [3.8, 4) is 5.88 Å². The van der Waals surface area contributed by atoms with Crippen LogP contribution in [0.25, 0.3) is 10.3 Å². The lowest BCUT2D eigenvalue weighted by molar-refractivity contribution is 0.113. The predicted octanol–water partition coefficient (Wildman–Crippen LogP) is 4.55. The zero-order chi connectivity index (χ0) is 19.7. The monoisotopic (exact) mass is 419 g/mol. The molecular formula is C18H18ClN5O3S. The van der Waals surface area contributed by atoms with Crippen molar-refractivity contribution >= 4 is 50.7 Å². The first kappa shape index (κ1) is 18.9. The van der Waals surface area contributed by atoms with Gasteiger partial charge in [-0.1, -0.05) is 22.9 Å². The molecule has 1 atom stereocenters. The Labute approximate surface area is 170 Å². The first-order valence-electron chi connectivity index (χ1n) is 8.70. The van der Waals surface area contributed by atoms with E-state index in [1.54, 1.807) is 12.3 Å². The fraction of sp³-hybridized carbons (Fsp3) is 0.333. The van der Waals surface area contributed by atoms with E-state index in [1.165, 1.54) is 24.6 Å². The van der Waals surface area contributed by atoms with Gasteiger partial charge in [0.2, 0.25) is 5.88 Å². The van der Waals surface area contributed by atoms with Gasteiger partial charge in [0.1, 0.15) is 15.4 Å². The smallest absolute Gasteiger partial charge is 0.323 e. The molecule has 3 aromatic heterocycles. The van der Waals surface area contributed by atoms with Crippen LogP contribution in [-0.2, 0) is 4.74 Å². The third kappa shape index (κ3) is 3.73. The highest BCUT2D eigenvalue weighted by atomic mass is 35.5. The van der Waals surface area contributed by atoms with Crippen LogP contribution in [0.4, 0.5) is 16.2 Å². The molecule has 2 amide bonds. The number of urea groups is 1. The van der Waals surface area contributed by atoms with Crippen LogP contribution in [0.2, 0.25) is 5.02 Å². The van der Waals surface area contributed by atoms with Crippen LogP contribution in [0.5, 0.6) is 5.88 Å². The van der Waals surface area contributed by atoms with Crippen molar-refractivity contribution in [1.29, 1.82) is 0 Å². The highest BCUT2D eigenvalue weighted by Gasteiger charge is 2.26. The fourth-order valence-corrected chi connectivity index (χ4v) is 4.18. The zero-order valence-corrected chi connectivity index (χ0v) is 16.9. The number of thiazole rings is 1. The quantitative estimate of drug-likeness (QED) is 0.643. The number of nitrogens with one attached hydrogen (secondary N) is 2. The van der Waals surface area contributed by atoms with Crippen LogP contribution in [0.3, 0.4) is 0 Å². The van der Waals surface area contributed by atoms with Crippen LogP contribution >= 0.6 is 22.9 Å². The first-order chi connectivity index (χ1) is 13.5. The average molecular weight is 420 g/mol. The molecule has 1 aliphatic heterocycles. The molecule has 1 unspecified atom stereocenters. The zero-order valence-electron chi connectivity index (χ0n) is 15.3. The number of hydrogen-bond donors (Lipinski definition) is 2. The molecule has 0 aromatic carbocycles. The summed E-state index contributed by atoms with van der Waals surface area (Å²) in [5.74, 6) is 0.293. The summed E-state index contributed by atoms with van der Waals surface area (Å²) in [6.07, 6.45) is 4.86. The minimum Gasteiger partial charge on any atom is -0.480 e. The van der Waals surface area contributed by atoms with E-state index < -0.39 is 6.03 Å². The van der Waals surface area contributed by atoms with Crippen molar-refractivity contribution in [3.05, 3.63) is 34.1 Å². The van der Waals surface area contributed by atoms with Crippen molar-refractivity contribution in [3.63, 3.8) is 0 Å². The number of amides is 2. The second-order valence-corrected chi connectivity index (χ2v) is 7.86. The summed E-state index contributed by atoms with van der Waals surface area (Å²) >= 11 is 7.58. The lowest BCUT2D eigenvalue weighted by atomic mass is 10.1. The van der Waals surface area contributed by atoms with Gasteiger partial charge >= 0.3 is 6.03 Å². The molecule has 0 bridgehead atoms. The Morgan fingerprint density at radius 1 is 1.36 bits per heavy atom. The van der Waals surface area contributed by atoms with Gasteiger partial charge in [-0.25, -0.2) is 19.7 Å². The number of ether oxygens (including phenoxy) is 2. The largest absolute Gasteiger partial charge is 0.480 e. The van der Waals surface area contributed by atoms with Gasteiger partial charge in [-0.05, 0) is 25.8 Å². The maximum Gasteiger partial charge on any atom is 0.323 e. The summed E-state index contributed by atoms with van der Waals surface area (Å²) in [5.41, 5.74) is 2.67. The van der Waals surface area contributed by atoms with E-state index in [9.17, 15) is 4.79 Å². The molecule has 4 heterocycles. The number of carbonyl (C=O) groups excluding carboxylic acids is 1. The molecule has 146 valence electrons. The minimum absolute atomic E-state index is 0.112. The predicted molar refractivity (Wildman–Crippen MR) is 109 cm³/mol. The standard InChI is InChI=1S/C18H18ClN5O3S/c1-9-22-15-14(13-4-3-5-27-13)12(8-21-17(15)28-9)24-18(25)23-10-6-11(19)16(26-2)20-7-10/h6-8,13H,3-5H2,1-2H3,(H2,23,24,25). The van der Waals surface area contributed by atoms with Gasteiger partial charge in [0.05, 0.1) is 42.0 Å². The van der Waals surface area contributed by atoms with Gasteiger partial charge in [0.25, 0.3) is 0 Å². The van der Waals surface area contributed by atoms with Crippen molar-refractivity contribution < 1.29 is 14.3 Å². The Morgan fingerprint density at radius 3 is 2.93 bits per heavy atom. The molecule has 1 saturated heterocycles. The summed E-state index contributed by atoms with van der Waals surface area (Å²) in [4.78, 5) is 26.5. The van der Waals surface area contributed by atoms with Crippen molar-refractivity contribution in [2.24, 2.45) is 0 Å². The molecular weight excluding hydrogens is 402 g/mol. The number of carbonyl (C=O) groups is 1. The van der Waals surface area contributed by atoms with Gasteiger partial charge in [-0.15, -0.1) is 0 Å². The van der Waals surface area contributed by atoms with E-state index in [0.29, 0.717) is 28.9 Å². The number of pyridine rings is 2. The number of rotatable bonds is 4. The molecule has 10 heteroatoms. The number of fused-ring (bicyclic) bond motifs is 1. The Kier molecular flexibility index (Phi) is 5.29. The maximum atomic E-state index is 12.5. The number of aryl methyl sites for hydroxylation is 1. The second kappa shape index (κ2) is 7.86. The second-order valence-electron chi connectivity index (χ2n) is 6.27. The topological polar surface area (TPSA) is 98.3 Å². The van der Waals surface area contributed by atoms with Gasteiger partial charge in [-0.2, -0.15) is 0 Å². The summed E-state index contributed by atoms with van der Waals surface area (Å²) < 4.78 is 10.9. The van der Waals surface area contributed by atoms with E-state index in [0.717, 1.165) is 33.8 Å². The number of halogens is 1. The van der Waals surface area contributed by atoms with Crippen LogP contribution in [0.1, 0.15) is 29.5 Å². The lowest BCUT2D eigenvalue weighted by Crippen LogP contribution is -2.21. The molecule has 0 radical (unpaired) electrons. The average Bonchev–Trinajstić information content (AvgIpc) is 3.30. The van der Waals surface area contributed by atoms with Crippen molar-refractivity contribution in [1.82, 2.24) is 15.0 Å². The number of anilines is 2. The van der Waals surface area contributed by atoms with Crippen LogP contribution in [0, 0.1) is 6.92 Å². The molecule has 0 saturated carbocycles. The Bertz CT molecular complexity index is 1040. The Morgan fingerprint density at radius 2 is 2.21 bits per heavy atom. The molecule has 28 heavy (non-hydrogen) atoms. The Balaban J connectivity index is 1.61. The van der Waals surface area contributed by atoms with Gasteiger partial charge < -0.3 is 20.1 Å². The van der Waals surface area contributed by atoms with Crippen molar-refractivity contribution in [2.75, 3.05) is 24.4 Å². The molecule has 1 fully saturated rings. The number of methoxy groups -OCH3 is 1. The highest BCUT2D eigenvalue weighted by Crippen LogP contribution is 2.38. The van der Waals surface area contributed by atoms with E-state index in [-0.39, 0.29) is 6.10 Å². The van der Waals surface area contributed by atoms with Gasteiger partial charge in [-0.3, -0.25) is 0 Å². The summed E-state index contributed by atoms with van der Waals surface area (Å²) in [5, 5.41) is 6.80. The van der Waals surface area contributed by atoms with E-state index in [4.69, 9.17) is 21.1 Å². The number of aromatic nitrogens is 3. The molecule has 8 nitrogen and oxygen atoms in total. The van der Waals surface area contributed by atoms with E-state index in [1.807, 2.05) is 6.92 Å². The molecule has 0 aliphatic carbocycles. The third-order valence-corrected chi connectivity index (χ3v) is 5.48. The minimum atomic E-state index is -0.435. The van der Waals surface area contributed by atoms with Crippen LogP contribution in [-0.4, -0.2) is 34.7 Å². The Hall–Kier alpha value is -2.49. The number of nitrogens with zero attached hydrogens (tertiary/aromatic N) is 3. The molecule has 0 spiro atoms.